The van der Waals surface area contributed by atoms with E-state index >= 15 is 0 Å². The summed E-state index contributed by atoms with van der Waals surface area (Å²) in [6.07, 6.45) is 0.786. The van der Waals surface area contributed by atoms with Gasteiger partial charge in [0, 0.05) is 24.1 Å². The van der Waals surface area contributed by atoms with E-state index in [1.54, 1.807) is 6.07 Å². The molecule has 16 heavy (non-hydrogen) atoms. The van der Waals surface area contributed by atoms with Gasteiger partial charge in [-0.25, -0.2) is 4.39 Å². The molecule has 1 N–H and O–H groups in total. The molecule has 2 rings (SSSR count). The summed E-state index contributed by atoms with van der Waals surface area (Å²) in [6.45, 7) is 4.15. The summed E-state index contributed by atoms with van der Waals surface area (Å²) in [5, 5.41) is 9.87. The van der Waals surface area contributed by atoms with Crippen LogP contribution < -0.4 is 0 Å². The monoisotopic (exact) mass is 287 g/mol. The van der Waals surface area contributed by atoms with Crippen LogP contribution in [-0.2, 0) is 6.54 Å². The largest absolute Gasteiger partial charge is 0.387 e. The second-order valence-corrected chi connectivity index (χ2v) is 5.31. The van der Waals surface area contributed by atoms with Crippen LogP contribution in [0.15, 0.2) is 22.7 Å². The Hall–Kier alpha value is -0.450. The highest BCUT2D eigenvalue weighted by atomic mass is 79.9. The zero-order chi connectivity index (χ0) is 11.8. The summed E-state index contributed by atoms with van der Waals surface area (Å²) in [5.41, 5.74) is 0.548. The zero-order valence-electron chi connectivity index (χ0n) is 9.21. The standard InChI is InChI=1S/C12H15BrFNO/c1-2-12(16)7-15(8-12)6-9-3-4-10(14)5-11(9)13/h3-5,16H,2,6-8H2,1H3. The van der Waals surface area contributed by atoms with E-state index in [1.807, 2.05) is 6.92 Å². The fraction of sp³-hybridized carbons (Fsp3) is 0.500. The minimum absolute atomic E-state index is 0.232. The van der Waals surface area contributed by atoms with Gasteiger partial charge in [0.2, 0.25) is 0 Å². The summed E-state index contributed by atoms with van der Waals surface area (Å²) >= 11 is 3.35. The van der Waals surface area contributed by atoms with Crippen LogP contribution >= 0.6 is 15.9 Å². The van der Waals surface area contributed by atoms with E-state index < -0.39 is 5.60 Å². The molecule has 1 aromatic rings. The maximum Gasteiger partial charge on any atom is 0.124 e. The Balaban J connectivity index is 1.96. The van der Waals surface area contributed by atoms with E-state index in [-0.39, 0.29) is 5.82 Å². The minimum Gasteiger partial charge on any atom is -0.387 e. The third-order valence-electron chi connectivity index (χ3n) is 3.10. The fourth-order valence-electron chi connectivity index (χ4n) is 2.01. The van der Waals surface area contributed by atoms with Gasteiger partial charge in [-0.05, 0) is 24.1 Å². The lowest BCUT2D eigenvalue weighted by Crippen LogP contribution is -2.60. The van der Waals surface area contributed by atoms with Crippen LogP contribution in [0.1, 0.15) is 18.9 Å². The highest BCUT2D eigenvalue weighted by Crippen LogP contribution is 2.28. The maximum atomic E-state index is 12.9. The average molecular weight is 288 g/mol. The topological polar surface area (TPSA) is 23.5 Å². The molecule has 1 fully saturated rings. The van der Waals surface area contributed by atoms with Crippen molar-refractivity contribution in [2.45, 2.75) is 25.5 Å². The maximum absolute atomic E-state index is 12.9. The smallest absolute Gasteiger partial charge is 0.124 e. The van der Waals surface area contributed by atoms with Crippen molar-refractivity contribution in [3.63, 3.8) is 0 Å². The molecule has 1 saturated heterocycles. The van der Waals surface area contributed by atoms with Gasteiger partial charge in [-0.3, -0.25) is 4.90 Å². The molecule has 0 aromatic heterocycles. The SMILES string of the molecule is CCC1(O)CN(Cc2ccc(F)cc2Br)C1. The first kappa shape index (κ1) is 12.0. The number of aliphatic hydroxyl groups is 1. The summed E-state index contributed by atoms with van der Waals surface area (Å²) in [4.78, 5) is 2.15. The van der Waals surface area contributed by atoms with Crippen molar-refractivity contribution in [3.05, 3.63) is 34.1 Å². The lowest BCUT2D eigenvalue weighted by Gasteiger charge is -2.46. The van der Waals surface area contributed by atoms with Crippen LogP contribution in [0.4, 0.5) is 4.39 Å². The first-order valence-electron chi connectivity index (χ1n) is 5.41. The van der Waals surface area contributed by atoms with Gasteiger partial charge in [-0.15, -0.1) is 0 Å². The van der Waals surface area contributed by atoms with E-state index in [0.717, 1.165) is 23.0 Å². The average Bonchev–Trinajstić information content (AvgIpc) is 2.19. The Morgan fingerprint density at radius 1 is 1.50 bits per heavy atom. The first-order chi connectivity index (χ1) is 7.52. The van der Waals surface area contributed by atoms with Crippen LogP contribution in [0.2, 0.25) is 0 Å². The predicted octanol–water partition coefficient (Wildman–Crippen LogP) is 2.54. The molecule has 88 valence electrons. The molecule has 0 aliphatic carbocycles. The number of β-amino-alcohol motifs (C(OH)–C–C–N with tert-alkyl or cyclic N) is 1. The Kier molecular flexibility index (Phi) is 3.33. The summed E-state index contributed by atoms with van der Waals surface area (Å²) in [7, 11) is 0. The van der Waals surface area contributed by atoms with Crippen LogP contribution in [0.5, 0.6) is 0 Å². The van der Waals surface area contributed by atoms with Crippen LogP contribution in [0.3, 0.4) is 0 Å². The van der Waals surface area contributed by atoms with Crippen molar-refractivity contribution in [2.75, 3.05) is 13.1 Å². The lowest BCUT2D eigenvalue weighted by molar-refractivity contribution is -0.103. The van der Waals surface area contributed by atoms with Crippen LogP contribution in [0, 0.1) is 5.82 Å². The molecule has 1 heterocycles. The van der Waals surface area contributed by atoms with Gasteiger partial charge in [0.15, 0.2) is 0 Å². The Morgan fingerprint density at radius 2 is 2.19 bits per heavy atom. The Labute approximate surface area is 103 Å². The van der Waals surface area contributed by atoms with Gasteiger partial charge < -0.3 is 5.11 Å². The molecule has 4 heteroatoms. The quantitative estimate of drug-likeness (QED) is 0.924. The van der Waals surface area contributed by atoms with Crippen molar-refractivity contribution >= 4 is 15.9 Å². The highest BCUT2D eigenvalue weighted by molar-refractivity contribution is 9.10. The molecule has 0 amide bonds. The van der Waals surface area contributed by atoms with E-state index in [4.69, 9.17) is 0 Å². The van der Waals surface area contributed by atoms with Crippen molar-refractivity contribution in [3.8, 4) is 0 Å². The molecule has 0 spiro atoms. The molecule has 1 aromatic carbocycles. The Bertz CT molecular complexity index is 391. The van der Waals surface area contributed by atoms with Gasteiger partial charge in [-0.1, -0.05) is 28.9 Å². The molecule has 0 saturated carbocycles. The third-order valence-corrected chi connectivity index (χ3v) is 3.84. The number of hydrogen-bond donors (Lipinski definition) is 1. The normalized spacial score (nSPS) is 19.5. The number of benzene rings is 1. The highest BCUT2D eigenvalue weighted by Gasteiger charge is 2.39. The summed E-state index contributed by atoms with van der Waals surface area (Å²) in [6, 6.07) is 4.72. The molecular weight excluding hydrogens is 273 g/mol. The second-order valence-electron chi connectivity index (χ2n) is 4.46. The molecule has 2 nitrogen and oxygen atoms in total. The molecule has 0 unspecified atom stereocenters. The number of rotatable bonds is 3. The first-order valence-corrected chi connectivity index (χ1v) is 6.20. The van der Waals surface area contributed by atoms with Crippen LogP contribution in [0.25, 0.3) is 0 Å². The van der Waals surface area contributed by atoms with E-state index in [9.17, 15) is 9.50 Å². The minimum atomic E-state index is -0.507. The van der Waals surface area contributed by atoms with Crippen LogP contribution in [-0.4, -0.2) is 28.7 Å². The molecule has 0 radical (unpaired) electrons. The zero-order valence-corrected chi connectivity index (χ0v) is 10.8. The van der Waals surface area contributed by atoms with Gasteiger partial charge in [0.1, 0.15) is 5.82 Å². The van der Waals surface area contributed by atoms with E-state index in [2.05, 4.69) is 20.8 Å². The second kappa shape index (κ2) is 4.43. The third kappa shape index (κ3) is 2.44. The number of nitrogens with zero attached hydrogens (tertiary/aromatic N) is 1. The van der Waals surface area contributed by atoms with Crippen molar-refractivity contribution < 1.29 is 9.50 Å². The van der Waals surface area contributed by atoms with E-state index in [1.165, 1.54) is 12.1 Å². The molecular formula is C12H15BrFNO. The van der Waals surface area contributed by atoms with Gasteiger partial charge in [-0.2, -0.15) is 0 Å². The molecule has 0 atom stereocenters. The van der Waals surface area contributed by atoms with Crippen molar-refractivity contribution in [2.24, 2.45) is 0 Å². The fourth-order valence-corrected chi connectivity index (χ4v) is 2.49. The van der Waals surface area contributed by atoms with E-state index in [0.29, 0.717) is 13.1 Å². The van der Waals surface area contributed by atoms with Gasteiger partial charge in [0.25, 0.3) is 0 Å². The summed E-state index contributed by atoms with van der Waals surface area (Å²) < 4.78 is 13.7. The van der Waals surface area contributed by atoms with Gasteiger partial charge in [0.05, 0.1) is 5.60 Å². The number of halogens is 2. The lowest BCUT2D eigenvalue weighted by atomic mass is 9.91. The molecule has 1 aliphatic rings. The van der Waals surface area contributed by atoms with Crippen molar-refractivity contribution in [1.82, 2.24) is 4.90 Å². The van der Waals surface area contributed by atoms with Gasteiger partial charge >= 0.3 is 0 Å². The number of likely N-dealkylation sites (tertiary alicyclic amines) is 1. The number of hydrogen-bond acceptors (Lipinski definition) is 2. The molecule has 0 bridgehead atoms. The molecule has 1 aliphatic heterocycles. The summed E-state index contributed by atoms with van der Waals surface area (Å²) in [5.74, 6) is -0.232. The Morgan fingerprint density at radius 3 is 2.75 bits per heavy atom. The van der Waals surface area contributed by atoms with Crippen molar-refractivity contribution in [1.29, 1.82) is 0 Å². The predicted molar refractivity (Wildman–Crippen MR) is 64.6 cm³/mol.